The Balaban J connectivity index is 0.00000218. The Morgan fingerprint density at radius 1 is 1.17 bits per heavy atom. The number of H-pyrrole nitrogens is 1. The number of aromatic amines is 1. The number of aromatic nitrogens is 1. The van der Waals surface area contributed by atoms with Gasteiger partial charge in [0.15, 0.2) is 11.5 Å². The van der Waals surface area contributed by atoms with Gasteiger partial charge in [-0.3, -0.25) is 4.79 Å². The van der Waals surface area contributed by atoms with Gasteiger partial charge in [-0.25, -0.2) is 4.79 Å². The second kappa shape index (κ2) is 6.55. The standard InChI is InChI=1S/C22H20N2O5.H2/c1-2-27-20(25)18-15(5-3-13-7-10-23-19(13)18)24-21(26)22(8-9-22)14-4-6-16-17(11-14)29-12-28-16;/h3-7,10-11,23H,2,8-9,12H2,1H3,(H,24,26);1H. The number of amides is 1. The van der Waals surface area contributed by atoms with E-state index < -0.39 is 11.4 Å². The first-order valence-corrected chi connectivity index (χ1v) is 9.61. The Morgan fingerprint density at radius 2 is 2.00 bits per heavy atom. The smallest absolute Gasteiger partial charge is 0.342 e. The van der Waals surface area contributed by atoms with E-state index in [1.807, 2.05) is 30.3 Å². The van der Waals surface area contributed by atoms with Crippen LogP contribution < -0.4 is 14.8 Å². The first kappa shape index (κ1) is 17.6. The van der Waals surface area contributed by atoms with Crippen molar-refractivity contribution in [2.24, 2.45) is 0 Å². The number of hydrogen-bond acceptors (Lipinski definition) is 5. The van der Waals surface area contributed by atoms with Gasteiger partial charge in [0.25, 0.3) is 0 Å². The minimum atomic E-state index is -0.627. The molecule has 29 heavy (non-hydrogen) atoms. The fourth-order valence-corrected chi connectivity index (χ4v) is 3.86. The lowest BCUT2D eigenvalue weighted by atomic mass is 9.94. The Labute approximate surface area is 168 Å². The number of hydrogen-bond donors (Lipinski definition) is 2. The summed E-state index contributed by atoms with van der Waals surface area (Å²) in [6, 6.07) is 11.1. The lowest BCUT2D eigenvalue weighted by molar-refractivity contribution is -0.118. The first-order chi connectivity index (χ1) is 14.1. The second-order valence-corrected chi connectivity index (χ2v) is 7.25. The zero-order valence-electron chi connectivity index (χ0n) is 15.9. The third-order valence-corrected chi connectivity index (χ3v) is 5.57. The van der Waals surface area contributed by atoms with Gasteiger partial charge in [0, 0.05) is 13.0 Å². The van der Waals surface area contributed by atoms with Crippen LogP contribution in [-0.2, 0) is 14.9 Å². The van der Waals surface area contributed by atoms with Crippen molar-refractivity contribution >= 4 is 28.5 Å². The molecule has 0 unspecified atom stereocenters. The number of carbonyl (C=O) groups excluding carboxylic acids is 2. The van der Waals surface area contributed by atoms with Crippen LogP contribution in [0, 0.1) is 0 Å². The minimum absolute atomic E-state index is 0. The summed E-state index contributed by atoms with van der Waals surface area (Å²) < 4.78 is 16.0. The van der Waals surface area contributed by atoms with Crippen LogP contribution in [0.2, 0.25) is 0 Å². The number of carbonyl (C=O) groups is 2. The summed E-state index contributed by atoms with van der Waals surface area (Å²) in [4.78, 5) is 28.9. The highest BCUT2D eigenvalue weighted by molar-refractivity contribution is 6.12. The molecule has 7 nitrogen and oxygen atoms in total. The maximum absolute atomic E-state index is 13.3. The van der Waals surface area contributed by atoms with E-state index in [0.717, 1.165) is 23.8 Å². The van der Waals surface area contributed by atoms with E-state index >= 15 is 0 Å². The summed E-state index contributed by atoms with van der Waals surface area (Å²) in [6.45, 7) is 2.20. The molecule has 7 heteroatoms. The molecule has 1 saturated carbocycles. The maximum atomic E-state index is 13.3. The van der Waals surface area contributed by atoms with Crippen molar-refractivity contribution in [1.29, 1.82) is 0 Å². The van der Waals surface area contributed by atoms with Crippen LogP contribution in [0.4, 0.5) is 5.69 Å². The molecule has 1 aromatic heterocycles. The monoisotopic (exact) mass is 394 g/mol. The Kier molecular flexibility index (Phi) is 3.97. The zero-order chi connectivity index (χ0) is 20.0. The number of rotatable bonds is 5. The average Bonchev–Trinajstić information content (AvgIpc) is 3.17. The molecule has 2 aromatic carbocycles. The molecule has 0 radical (unpaired) electrons. The third kappa shape index (κ3) is 2.81. The largest absolute Gasteiger partial charge is 0.462 e. The van der Waals surface area contributed by atoms with Gasteiger partial charge >= 0.3 is 5.97 Å². The molecule has 5 rings (SSSR count). The minimum Gasteiger partial charge on any atom is -0.462 e. The van der Waals surface area contributed by atoms with Crippen LogP contribution in [0.3, 0.4) is 0 Å². The van der Waals surface area contributed by atoms with Crippen molar-refractivity contribution in [2.45, 2.75) is 25.2 Å². The summed E-state index contributed by atoms with van der Waals surface area (Å²) in [5.74, 6) is 0.727. The molecule has 150 valence electrons. The lowest BCUT2D eigenvalue weighted by Crippen LogP contribution is -2.28. The van der Waals surface area contributed by atoms with Crippen LogP contribution >= 0.6 is 0 Å². The highest BCUT2D eigenvalue weighted by atomic mass is 16.7. The Hall–Kier alpha value is -3.48. The lowest BCUT2D eigenvalue weighted by Gasteiger charge is -2.18. The van der Waals surface area contributed by atoms with Crippen LogP contribution in [0.5, 0.6) is 11.5 Å². The molecule has 0 atom stereocenters. The van der Waals surface area contributed by atoms with Gasteiger partial charge in [0.2, 0.25) is 12.7 Å². The molecule has 2 aliphatic rings. The average molecular weight is 394 g/mol. The summed E-state index contributed by atoms with van der Waals surface area (Å²) in [5, 5.41) is 3.85. The number of fused-ring (bicyclic) bond motifs is 2. The second-order valence-electron chi connectivity index (χ2n) is 7.25. The SMILES string of the molecule is CCOC(=O)c1c(NC(=O)C2(c3ccc4c(c3)OCO4)CC2)ccc2cc[nH]c12.[HH]. The van der Waals surface area contributed by atoms with Crippen LogP contribution in [0.1, 0.15) is 37.1 Å². The van der Waals surface area contributed by atoms with E-state index in [1.54, 1.807) is 19.2 Å². The van der Waals surface area contributed by atoms with Gasteiger partial charge in [-0.05, 0) is 49.6 Å². The molecule has 0 spiro atoms. The molecule has 0 bridgehead atoms. The van der Waals surface area contributed by atoms with Crippen molar-refractivity contribution in [3.63, 3.8) is 0 Å². The molecule has 1 amide bonds. The topological polar surface area (TPSA) is 89.7 Å². The normalized spacial score (nSPS) is 15.9. The van der Waals surface area contributed by atoms with Gasteiger partial charge in [-0.15, -0.1) is 0 Å². The summed E-state index contributed by atoms with van der Waals surface area (Å²) in [6.07, 6.45) is 3.23. The van der Waals surface area contributed by atoms with Gasteiger partial charge < -0.3 is 24.5 Å². The van der Waals surface area contributed by atoms with Gasteiger partial charge in [0.05, 0.1) is 23.2 Å². The molecule has 1 aliphatic carbocycles. The quantitative estimate of drug-likeness (QED) is 0.639. The molecular weight excluding hydrogens is 372 g/mol. The van der Waals surface area contributed by atoms with Crippen molar-refractivity contribution in [1.82, 2.24) is 4.98 Å². The van der Waals surface area contributed by atoms with Crippen LogP contribution in [0.25, 0.3) is 10.9 Å². The van der Waals surface area contributed by atoms with Crippen molar-refractivity contribution in [2.75, 3.05) is 18.7 Å². The van der Waals surface area contributed by atoms with E-state index in [-0.39, 0.29) is 20.7 Å². The van der Waals surface area contributed by atoms with E-state index in [9.17, 15) is 9.59 Å². The predicted octanol–water partition coefficient (Wildman–Crippen LogP) is 3.99. The number of anilines is 1. The van der Waals surface area contributed by atoms with Crippen LogP contribution in [0.15, 0.2) is 42.6 Å². The first-order valence-electron chi connectivity index (χ1n) is 9.61. The molecule has 2 N–H and O–H groups in total. The summed E-state index contributed by atoms with van der Waals surface area (Å²) in [7, 11) is 0. The number of benzene rings is 2. The molecule has 1 aliphatic heterocycles. The summed E-state index contributed by atoms with van der Waals surface area (Å²) >= 11 is 0. The Bertz CT molecular complexity index is 1140. The fourth-order valence-electron chi connectivity index (χ4n) is 3.86. The molecule has 3 aromatic rings. The van der Waals surface area contributed by atoms with Crippen molar-refractivity contribution < 1.29 is 25.2 Å². The Morgan fingerprint density at radius 3 is 2.79 bits per heavy atom. The maximum Gasteiger partial charge on any atom is 0.342 e. The van der Waals surface area contributed by atoms with Crippen LogP contribution in [-0.4, -0.2) is 30.3 Å². The fraction of sp³-hybridized carbons (Fsp3) is 0.273. The molecular formula is C22H22N2O5. The van der Waals surface area contributed by atoms with Gasteiger partial charge in [-0.2, -0.15) is 0 Å². The predicted molar refractivity (Wildman–Crippen MR) is 108 cm³/mol. The number of esters is 1. The highest BCUT2D eigenvalue weighted by Crippen LogP contribution is 2.51. The summed E-state index contributed by atoms with van der Waals surface area (Å²) in [5.41, 5.74) is 1.68. The van der Waals surface area contributed by atoms with E-state index in [2.05, 4.69) is 10.3 Å². The molecule has 1 fully saturated rings. The van der Waals surface area contributed by atoms with Crippen molar-refractivity contribution in [3.8, 4) is 11.5 Å². The highest BCUT2D eigenvalue weighted by Gasteiger charge is 2.52. The number of ether oxygens (including phenoxy) is 3. The van der Waals surface area contributed by atoms with E-state index in [1.165, 1.54) is 0 Å². The number of nitrogens with one attached hydrogen (secondary N) is 2. The van der Waals surface area contributed by atoms with Gasteiger partial charge in [-0.1, -0.05) is 12.1 Å². The third-order valence-electron chi connectivity index (χ3n) is 5.57. The van der Waals surface area contributed by atoms with E-state index in [0.29, 0.717) is 28.3 Å². The zero-order valence-corrected chi connectivity index (χ0v) is 15.9. The molecule has 2 heterocycles. The van der Waals surface area contributed by atoms with Gasteiger partial charge in [0.1, 0.15) is 5.56 Å². The molecule has 0 saturated heterocycles. The van der Waals surface area contributed by atoms with Crippen molar-refractivity contribution in [3.05, 3.63) is 53.7 Å². The van der Waals surface area contributed by atoms with E-state index in [4.69, 9.17) is 14.2 Å².